The van der Waals surface area contributed by atoms with Crippen molar-refractivity contribution in [2.24, 2.45) is 0 Å². The molecular formula is C14H18BrNO3. The van der Waals surface area contributed by atoms with E-state index in [1.807, 2.05) is 24.3 Å². The maximum atomic E-state index is 12.2. The van der Waals surface area contributed by atoms with Gasteiger partial charge >= 0.3 is 5.97 Å². The average Bonchev–Trinajstić information content (AvgIpc) is 2.67. The number of methoxy groups -OCH3 is 1. The first-order valence-electron chi connectivity index (χ1n) is 6.36. The van der Waals surface area contributed by atoms with Crippen LogP contribution in [0, 0.1) is 0 Å². The Kier molecular flexibility index (Phi) is 4.82. The fourth-order valence-electron chi connectivity index (χ4n) is 2.33. The van der Waals surface area contributed by atoms with Gasteiger partial charge in [-0.25, -0.2) is 4.79 Å². The number of carbonyl (C=O) groups excluding carboxylic acids is 1. The molecule has 1 aromatic rings. The third kappa shape index (κ3) is 3.48. The van der Waals surface area contributed by atoms with Gasteiger partial charge < -0.3 is 14.8 Å². The van der Waals surface area contributed by atoms with Gasteiger partial charge in [-0.3, -0.25) is 0 Å². The van der Waals surface area contributed by atoms with Crippen molar-refractivity contribution in [1.29, 1.82) is 0 Å². The molecule has 2 rings (SSSR count). The minimum atomic E-state index is -0.681. The van der Waals surface area contributed by atoms with Crippen LogP contribution in [-0.4, -0.2) is 31.8 Å². The molecule has 1 aliphatic heterocycles. The molecule has 0 radical (unpaired) electrons. The number of rotatable bonds is 3. The maximum absolute atomic E-state index is 12.2. The van der Waals surface area contributed by atoms with E-state index in [0.29, 0.717) is 19.6 Å². The smallest absolute Gasteiger partial charge is 0.331 e. The molecule has 1 heterocycles. The summed E-state index contributed by atoms with van der Waals surface area (Å²) in [7, 11) is 1.43. The highest BCUT2D eigenvalue weighted by molar-refractivity contribution is 9.10. The molecule has 1 N–H and O–H groups in total. The zero-order valence-corrected chi connectivity index (χ0v) is 12.5. The molecule has 1 aromatic carbocycles. The van der Waals surface area contributed by atoms with Gasteiger partial charge in [0.25, 0.3) is 0 Å². The molecule has 1 aliphatic rings. The summed E-state index contributed by atoms with van der Waals surface area (Å²) in [6, 6.07) is 7.78. The topological polar surface area (TPSA) is 47.6 Å². The minimum Gasteiger partial charge on any atom is -0.467 e. The third-order valence-electron chi connectivity index (χ3n) is 3.37. The number of carbonyl (C=O) groups is 1. The predicted octanol–water partition coefficient (Wildman–Crippen LogP) is 2.97. The summed E-state index contributed by atoms with van der Waals surface area (Å²) in [5, 5.41) is 3.34. The van der Waals surface area contributed by atoms with Gasteiger partial charge in [0.15, 0.2) is 0 Å². The monoisotopic (exact) mass is 327 g/mol. The van der Waals surface area contributed by atoms with E-state index >= 15 is 0 Å². The molecule has 0 amide bonds. The maximum Gasteiger partial charge on any atom is 0.331 e. The highest BCUT2D eigenvalue weighted by Gasteiger charge is 2.40. The molecule has 1 saturated heterocycles. The molecule has 5 heteroatoms. The number of nitrogens with one attached hydrogen (secondary N) is 1. The van der Waals surface area contributed by atoms with E-state index in [4.69, 9.17) is 9.47 Å². The Balaban J connectivity index is 2.21. The standard InChI is InChI=1S/C14H18BrNO3/c1-18-13(17)14(7-2-9-19-10-8-14)16-12-5-3-11(15)4-6-12/h3-6,16H,2,7-10H2,1H3. The highest BCUT2D eigenvalue weighted by atomic mass is 79.9. The molecule has 1 atom stereocenters. The van der Waals surface area contributed by atoms with E-state index in [9.17, 15) is 4.79 Å². The van der Waals surface area contributed by atoms with Crippen molar-refractivity contribution >= 4 is 27.6 Å². The lowest BCUT2D eigenvalue weighted by Gasteiger charge is -2.31. The Morgan fingerprint density at radius 1 is 1.32 bits per heavy atom. The first kappa shape index (κ1) is 14.3. The van der Waals surface area contributed by atoms with Crippen LogP contribution in [-0.2, 0) is 14.3 Å². The summed E-state index contributed by atoms with van der Waals surface area (Å²) in [6.07, 6.45) is 2.18. The number of hydrogen-bond acceptors (Lipinski definition) is 4. The third-order valence-corrected chi connectivity index (χ3v) is 3.90. The van der Waals surface area contributed by atoms with Gasteiger partial charge in [0.05, 0.1) is 7.11 Å². The van der Waals surface area contributed by atoms with Crippen LogP contribution in [0.5, 0.6) is 0 Å². The lowest BCUT2D eigenvalue weighted by molar-refractivity contribution is -0.146. The van der Waals surface area contributed by atoms with Crippen LogP contribution in [0.3, 0.4) is 0 Å². The average molecular weight is 328 g/mol. The van der Waals surface area contributed by atoms with Crippen molar-refractivity contribution in [3.05, 3.63) is 28.7 Å². The molecular weight excluding hydrogens is 310 g/mol. The van der Waals surface area contributed by atoms with Crippen molar-refractivity contribution in [2.45, 2.75) is 24.8 Å². The van der Waals surface area contributed by atoms with E-state index in [0.717, 1.165) is 23.0 Å². The minimum absolute atomic E-state index is 0.221. The molecule has 19 heavy (non-hydrogen) atoms. The summed E-state index contributed by atoms with van der Waals surface area (Å²) in [5.41, 5.74) is 0.231. The highest BCUT2D eigenvalue weighted by Crippen LogP contribution is 2.28. The summed E-state index contributed by atoms with van der Waals surface area (Å²) in [5.74, 6) is -0.221. The van der Waals surface area contributed by atoms with E-state index in [-0.39, 0.29) is 5.97 Å². The van der Waals surface area contributed by atoms with Gasteiger partial charge in [0.2, 0.25) is 0 Å². The quantitative estimate of drug-likeness (QED) is 0.867. The normalized spacial score (nSPS) is 23.5. The molecule has 1 fully saturated rings. The molecule has 0 spiro atoms. The van der Waals surface area contributed by atoms with Crippen molar-refractivity contribution in [3.8, 4) is 0 Å². The second-order valence-corrected chi connectivity index (χ2v) is 5.59. The first-order chi connectivity index (χ1) is 9.16. The van der Waals surface area contributed by atoms with Crippen molar-refractivity contribution < 1.29 is 14.3 Å². The molecule has 0 aliphatic carbocycles. The van der Waals surface area contributed by atoms with Crippen LogP contribution in [0.4, 0.5) is 5.69 Å². The zero-order chi connectivity index (χ0) is 13.7. The predicted molar refractivity (Wildman–Crippen MR) is 77.2 cm³/mol. The Hall–Kier alpha value is -1.07. The summed E-state index contributed by atoms with van der Waals surface area (Å²) in [4.78, 5) is 12.2. The number of esters is 1. The molecule has 4 nitrogen and oxygen atoms in total. The number of benzene rings is 1. The van der Waals surface area contributed by atoms with Crippen molar-refractivity contribution in [3.63, 3.8) is 0 Å². The van der Waals surface area contributed by atoms with Gasteiger partial charge in [-0.2, -0.15) is 0 Å². The van der Waals surface area contributed by atoms with Crippen LogP contribution in [0.1, 0.15) is 19.3 Å². The summed E-state index contributed by atoms with van der Waals surface area (Å²) >= 11 is 3.40. The first-order valence-corrected chi connectivity index (χ1v) is 7.15. The van der Waals surface area contributed by atoms with E-state index in [1.165, 1.54) is 7.11 Å². The van der Waals surface area contributed by atoms with Crippen LogP contribution in [0.25, 0.3) is 0 Å². The van der Waals surface area contributed by atoms with Gasteiger partial charge in [0.1, 0.15) is 5.54 Å². The van der Waals surface area contributed by atoms with Crippen molar-refractivity contribution in [2.75, 3.05) is 25.6 Å². The van der Waals surface area contributed by atoms with Crippen LogP contribution >= 0.6 is 15.9 Å². The molecule has 1 unspecified atom stereocenters. The fraction of sp³-hybridized carbons (Fsp3) is 0.500. The molecule has 0 aromatic heterocycles. The van der Waals surface area contributed by atoms with Crippen LogP contribution in [0.15, 0.2) is 28.7 Å². The number of ether oxygens (including phenoxy) is 2. The van der Waals surface area contributed by atoms with E-state index in [1.54, 1.807) is 0 Å². The SMILES string of the molecule is COC(=O)C1(Nc2ccc(Br)cc2)CCCOCC1. The van der Waals surface area contributed by atoms with E-state index in [2.05, 4.69) is 21.2 Å². The van der Waals surface area contributed by atoms with Crippen molar-refractivity contribution in [1.82, 2.24) is 0 Å². The molecule has 0 bridgehead atoms. The lowest BCUT2D eigenvalue weighted by atomic mass is 9.90. The lowest BCUT2D eigenvalue weighted by Crippen LogP contribution is -2.47. The molecule has 104 valence electrons. The van der Waals surface area contributed by atoms with Gasteiger partial charge in [-0.1, -0.05) is 15.9 Å². The van der Waals surface area contributed by atoms with Gasteiger partial charge in [-0.15, -0.1) is 0 Å². The summed E-state index contributed by atoms with van der Waals surface area (Å²) < 4.78 is 11.4. The Labute approximate surface area is 121 Å². The molecule has 0 saturated carbocycles. The second-order valence-electron chi connectivity index (χ2n) is 4.67. The number of halogens is 1. The van der Waals surface area contributed by atoms with E-state index < -0.39 is 5.54 Å². The van der Waals surface area contributed by atoms with Crippen LogP contribution in [0.2, 0.25) is 0 Å². The number of anilines is 1. The summed E-state index contributed by atoms with van der Waals surface area (Å²) in [6.45, 7) is 1.26. The number of hydrogen-bond donors (Lipinski definition) is 1. The van der Waals surface area contributed by atoms with Gasteiger partial charge in [-0.05, 0) is 37.1 Å². The zero-order valence-electron chi connectivity index (χ0n) is 10.9. The van der Waals surface area contributed by atoms with Gasteiger partial charge in [0, 0.05) is 29.8 Å². The Morgan fingerprint density at radius 3 is 2.74 bits per heavy atom. The second kappa shape index (κ2) is 6.39. The Morgan fingerprint density at radius 2 is 2.05 bits per heavy atom. The fourth-order valence-corrected chi connectivity index (χ4v) is 2.60. The Bertz CT molecular complexity index is 425. The largest absolute Gasteiger partial charge is 0.467 e. The van der Waals surface area contributed by atoms with Crippen LogP contribution < -0.4 is 5.32 Å².